The number of hydrogen-bond acceptors (Lipinski definition) is 4. The highest BCUT2D eigenvalue weighted by Gasteiger charge is 2.27. The van der Waals surface area contributed by atoms with Gasteiger partial charge in [-0.3, -0.25) is 9.59 Å². The lowest BCUT2D eigenvalue weighted by Crippen LogP contribution is -2.38. The molecular formula is C20H22N4O3. The summed E-state index contributed by atoms with van der Waals surface area (Å²) in [4.78, 5) is 36.5. The highest BCUT2D eigenvalue weighted by Crippen LogP contribution is 2.29. The first-order valence-corrected chi connectivity index (χ1v) is 9.07. The molecule has 3 heterocycles. The van der Waals surface area contributed by atoms with Gasteiger partial charge in [0.25, 0.3) is 11.5 Å². The average molecular weight is 366 g/mol. The van der Waals surface area contributed by atoms with E-state index in [0.717, 1.165) is 40.8 Å². The van der Waals surface area contributed by atoms with Crippen molar-refractivity contribution in [3.63, 3.8) is 0 Å². The fraction of sp³-hybridized carbons (Fsp3) is 0.350. The second-order valence-electron chi connectivity index (χ2n) is 6.94. The summed E-state index contributed by atoms with van der Waals surface area (Å²) in [5.74, 6) is 0.999. The van der Waals surface area contributed by atoms with E-state index in [1.54, 1.807) is 13.2 Å². The molecule has 1 saturated heterocycles. The van der Waals surface area contributed by atoms with Crippen LogP contribution in [0, 0.1) is 6.92 Å². The Labute approximate surface area is 156 Å². The van der Waals surface area contributed by atoms with Gasteiger partial charge in [0.1, 0.15) is 11.4 Å². The standard InChI is InChI=1S/C20H22N4O3/c1-12-15-9-14(27-2)3-4-16(15)23-19(12)20(26)24-7-5-13(6-8-24)17-10-18(25)22-11-21-17/h3-4,9-11,13,23H,5-8H2,1-2H3,(H,21,22,25). The van der Waals surface area contributed by atoms with Crippen LogP contribution in [0.2, 0.25) is 0 Å². The van der Waals surface area contributed by atoms with E-state index in [4.69, 9.17) is 4.74 Å². The van der Waals surface area contributed by atoms with Crippen LogP contribution in [0.25, 0.3) is 10.9 Å². The number of H-pyrrole nitrogens is 2. The molecule has 7 heteroatoms. The largest absolute Gasteiger partial charge is 0.497 e. The monoisotopic (exact) mass is 366 g/mol. The molecule has 4 rings (SSSR count). The van der Waals surface area contributed by atoms with Crippen LogP contribution in [-0.4, -0.2) is 46.0 Å². The molecule has 1 amide bonds. The maximum atomic E-state index is 13.0. The summed E-state index contributed by atoms with van der Waals surface area (Å²) in [5, 5.41) is 1.00. The fourth-order valence-electron chi connectivity index (χ4n) is 3.79. The Hall–Kier alpha value is -3.09. The van der Waals surface area contributed by atoms with Crippen molar-refractivity contribution in [2.24, 2.45) is 0 Å². The molecule has 0 spiro atoms. The maximum Gasteiger partial charge on any atom is 0.270 e. The van der Waals surface area contributed by atoms with Crippen molar-refractivity contribution < 1.29 is 9.53 Å². The van der Waals surface area contributed by atoms with Gasteiger partial charge in [0.2, 0.25) is 0 Å². The van der Waals surface area contributed by atoms with Crippen LogP contribution in [0.3, 0.4) is 0 Å². The van der Waals surface area contributed by atoms with E-state index in [1.807, 2.05) is 30.0 Å². The number of carbonyl (C=O) groups excluding carboxylic acids is 1. The third-order valence-electron chi connectivity index (χ3n) is 5.38. The van der Waals surface area contributed by atoms with E-state index in [9.17, 15) is 9.59 Å². The minimum absolute atomic E-state index is 0.0139. The fourth-order valence-corrected chi connectivity index (χ4v) is 3.79. The average Bonchev–Trinajstić information content (AvgIpc) is 3.03. The zero-order valence-corrected chi connectivity index (χ0v) is 15.4. The number of nitrogens with zero attached hydrogens (tertiary/aromatic N) is 2. The van der Waals surface area contributed by atoms with E-state index < -0.39 is 0 Å². The molecule has 7 nitrogen and oxygen atoms in total. The van der Waals surface area contributed by atoms with Gasteiger partial charge >= 0.3 is 0 Å². The van der Waals surface area contributed by atoms with E-state index >= 15 is 0 Å². The lowest BCUT2D eigenvalue weighted by Gasteiger charge is -2.31. The highest BCUT2D eigenvalue weighted by molar-refractivity contribution is 6.01. The van der Waals surface area contributed by atoms with Gasteiger partial charge in [0, 0.05) is 36.0 Å². The number of aromatic nitrogens is 3. The Morgan fingerprint density at radius 3 is 2.74 bits per heavy atom. The van der Waals surface area contributed by atoms with Crippen molar-refractivity contribution >= 4 is 16.8 Å². The zero-order valence-electron chi connectivity index (χ0n) is 15.4. The Morgan fingerprint density at radius 1 is 1.26 bits per heavy atom. The van der Waals surface area contributed by atoms with Gasteiger partial charge in [-0.2, -0.15) is 0 Å². The molecule has 0 aliphatic carbocycles. The number of amides is 1. The number of nitrogens with one attached hydrogen (secondary N) is 2. The number of hydrogen-bond donors (Lipinski definition) is 2. The molecule has 3 aromatic rings. The normalized spacial score (nSPS) is 15.3. The predicted molar refractivity (Wildman–Crippen MR) is 102 cm³/mol. The van der Waals surface area contributed by atoms with Gasteiger partial charge in [0.15, 0.2) is 0 Å². The lowest BCUT2D eigenvalue weighted by molar-refractivity contribution is 0.0706. The van der Waals surface area contributed by atoms with Crippen LogP contribution in [0.1, 0.15) is 40.5 Å². The van der Waals surface area contributed by atoms with E-state index in [1.165, 1.54) is 6.33 Å². The number of ether oxygens (including phenoxy) is 1. The number of aryl methyl sites for hydroxylation is 1. The summed E-state index contributed by atoms with van der Waals surface area (Å²) in [6.45, 7) is 3.25. The summed E-state index contributed by atoms with van der Waals surface area (Å²) in [6, 6.07) is 7.32. The van der Waals surface area contributed by atoms with Crippen molar-refractivity contribution in [3.8, 4) is 5.75 Å². The Balaban J connectivity index is 1.52. The van der Waals surface area contributed by atoms with Crippen LogP contribution in [-0.2, 0) is 0 Å². The molecule has 1 aromatic carbocycles. The van der Waals surface area contributed by atoms with Crippen LogP contribution in [0.15, 0.2) is 35.4 Å². The van der Waals surface area contributed by atoms with Crippen molar-refractivity contribution in [3.05, 3.63) is 57.9 Å². The predicted octanol–water partition coefficient (Wildman–Crippen LogP) is 2.59. The van der Waals surface area contributed by atoms with Gasteiger partial charge in [-0.25, -0.2) is 4.98 Å². The molecule has 1 aliphatic rings. The summed E-state index contributed by atoms with van der Waals surface area (Å²) in [5.41, 5.74) is 3.17. The second-order valence-corrected chi connectivity index (χ2v) is 6.94. The molecule has 0 saturated carbocycles. The Bertz CT molecular complexity index is 1040. The van der Waals surface area contributed by atoms with Gasteiger partial charge < -0.3 is 19.6 Å². The minimum atomic E-state index is -0.136. The highest BCUT2D eigenvalue weighted by atomic mass is 16.5. The summed E-state index contributed by atoms with van der Waals surface area (Å²) in [7, 11) is 1.63. The molecule has 2 N–H and O–H groups in total. The Morgan fingerprint density at radius 2 is 2.04 bits per heavy atom. The number of methoxy groups -OCH3 is 1. The first-order chi connectivity index (χ1) is 13.1. The lowest BCUT2D eigenvalue weighted by atomic mass is 9.93. The molecule has 0 unspecified atom stereocenters. The quantitative estimate of drug-likeness (QED) is 0.745. The SMILES string of the molecule is COc1ccc2[nH]c(C(=O)N3CCC(c4cc(=O)[nH]cn4)CC3)c(C)c2c1. The number of fused-ring (bicyclic) bond motifs is 1. The third-order valence-corrected chi connectivity index (χ3v) is 5.38. The van der Waals surface area contributed by atoms with Gasteiger partial charge in [-0.15, -0.1) is 0 Å². The molecule has 0 atom stereocenters. The number of rotatable bonds is 3. The molecule has 140 valence electrons. The number of piperidine rings is 1. The van der Waals surface area contributed by atoms with Crippen LogP contribution >= 0.6 is 0 Å². The topological polar surface area (TPSA) is 91.1 Å². The first kappa shape index (κ1) is 17.3. The van der Waals surface area contributed by atoms with Crippen LogP contribution in [0.5, 0.6) is 5.75 Å². The third kappa shape index (κ3) is 3.20. The second kappa shape index (κ2) is 6.90. The number of carbonyl (C=O) groups is 1. The molecular weight excluding hydrogens is 344 g/mol. The zero-order chi connectivity index (χ0) is 19.0. The molecule has 2 aromatic heterocycles. The Kier molecular flexibility index (Phi) is 4.43. The van der Waals surface area contributed by atoms with Crippen molar-refractivity contribution in [1.82, 2.24) is 19.9 Å². The number of likely N-dealkylation sites (tertiary alicyclic amines) is 1. The molecule has 0 radical (unpaired) electrons. The molecule has 1 fully saturated rings. The van der Waals surface area contributed by atoms with E-state index in [-0.39, 0.29) is 17.4 Å². The summed E-state index contributed by atoms with van der Waals surface area (Å²) >= 11 is 0. The van der Waals surface area contributed by atoms with E-state index in [0.29, 0.717) is 18.8 Å². The molecule has 1 aliphatic heterocycles. The minimum Gasteiger partial charge on any atom is -0.497 e. The number of aromatic amines is 2. The van der Waals surface area contributed by atoms with Gasteiger partial charge in [-0.05, 0) is 43.5 Å². The first-order valence-electron chi connectivity index (χ1n) is 9.07. The maximum absolute atomic E-state index is 13.0. The van der Waals surface area contributed by atoms with Crippen LogP contribution < -0.4 is 10.3 Å². The summed E-state index contributed by atoms with van der Waals surface area (Å²) < 4.78 is 5.29. The molecule has 0 bridgehead atoms. The van der Waals surface area contributed by atoms with Gasteiger partial charge in [0.05, 0.1) is 19.1 Å². The van der Waals surface area contributed by atoms with Crippen molar-refractivity contribution in [2.45, 2.75) is 25.7 Å². The smallest absolute Gasteiger partial charge is 0.270 e. The van der Waals surface area contributed by atoms with Gasteiger partial charge in [-0.1, -0.05) is 0 Å². The molecule has 27 heavy (non-hydrogen) atoms. The van der Waals surface area contributed by atoms with E-state index in [2.05, 4.69) is 15.0 Å². The number of benzene rings is 1. The summed E-state index contributed by atoms with van der Waals surface area (Å²) in [6.07, 6.45) is 3.04. The van der Waals surface area contributed by atoms with Crippen LogP contribution in [0.4, 0.5) is 0 Å². The van der Waals surface area contributed by atoms with Crippen molar-refractivity contribution in [1.29, 1.82) is 0 Å². The van der Waals surface area contributed by atoms with Crippen molar-refractivity contribution in [2.75, 3.05) is 20.2 Å².